The Labute approximate surface area is 166 Å². The molecule has 0 radical (unpaired) electrons. The number of amides is 1. The topological polar surface area (TPSA) is 73.2 Å². The van der Waals surface area contributed by atoms with E-state index in [4.69, 9.17) is 18.6 Å². The first-order chi connectivity index (χ1) is 13.6. The molecule has 0 bridgehead atoms. The molecule has 0 aliphatic carbocycles. The molecule has 0 unspecified atom stereocenters. The second kappa shape index (κ2) is 11.4. The predicted octanol–water partition coefficient (Wildman–Crippen LogP) is 2.41. The summed E-state index contributed by atoms with van der Waals surface area (Å²) in [7, 11) is 4.86. The van der Waals surface area contributed by atoms with Crippen LogP contribution in [0.1, 0.15) is 17.1 Å². The van der Waals surface area contributed by atoms with E-state index in [-0.39, 0.29) is 12.5 Å². The SMILES string of the molecule is COCCNCC(=O)N(CCc1ccc(OC)c(OC)c1)Cc1ccc(C)o1. The van der Waals surface area contributed by atoms with Crippen molar-refractivity contribution < 1.29 is 23.4 Å². The lowest BCUT2D eigenvalue weighted by molar-refractivity contribution is -0.131. The minimum atomic E-state index is 0.0191. The molecule has 0 fully saturated rings. The highest BCUT2D eigenvalue weighted by Gasteiger charge is 2.16. The van der Waals surface area contributed by atoms with Gasteiger partial charge in [-0.1, -0.05) is 6.07 Å². The fraction of sp³-hybridized carbons (Fsp3) is 0.476. The fourth-order valence-electron chi connectivity index (χ4n) is 2.83. The number of hydrogen-bond acceptors (Lipinski definition) is 6. The number of nitrogens with one attached hydrogen (secondary N) is 1. The van der Waals surface area contributed by atoms with Gasteiger partial charge in [0.05, 0.1) is 33.9 Å². The van der Waals surface area contributed by atoms with Crippen LogP contribution >= 0.6 is 0 Å². The number of nitrogens with zero attached hydrogens (tertiary/aromatic N) is 1. The molecular formula is C21H30N2O5. The molecule has 7 nitrogen and oxygen atoms in total. The van der Waals surface area contributed by atoms with Crippen LogP contribution in [0, 0.1) is 6.92 Å². The Hall–Kier alpha value is -2.51. The zero-order valence-electron chi connectivity index (χ0n) is 17.1. The molecule has 1 heterocycles. The molecule has 2 aromatic rings. The summed E-state index contributed by atoms with van der Waals surface area (Å²) >= 11 is 0. The Morgan fingerprint density at radius 2 is 1.89 bits per heavy atom. The Bertz CT molecular complexity index is 744. The standard InChI is InChI=1S/C21H30N2O5/c1-16-5-7-18(28-16)15-23(21(24)14-22-10-12-25-2)11-9-17-6-8-19(26-3)20(13-17)27-4/h5-8,13,22H,9-12,14-15H2,1-4H3. The minimum Gasteiger partial charge on any atom is -0.493 e. The summed E-state index contributed by atoms with van der Waals surface area (Å²) in [6, 6.07) is 9.61. The van der Waals surface area contributed by atoms with Gasteiger partial charge in [0.2, 0.25) is 5.91 Å². The molecule has 2 rings (SSSR count). The normalized spacial score (nSPS) is 10.7. The predicted molar refractivity (Wildman–Crippen MR) is 107 cm³/mol. The summed E-state index contributed by atoms with van der Waals surface area (Å²) in [5.41, 5.74) is 1.07. The Morgan fingerprint density at radius 3 is 2.54 bits per heavy atom. The first-order valence-corrected chi connectivity index (χ1v) is 9.31. The van der Waals surface area contributed by atoms with Crippen molar-refractivity contribution in [2.24, 2.45) is 0 Å². The highest BCUT2D eigenvalue weighted by Crippen LogP contribution is 2.27. The fourth-order valence-corrected chi connectivity index (χ4v) is 2.83. The van der Waals surface area contributed by atoms with Gasteiger partial charge in [0, 0.05) is 20.2 Å². The van der Waals surface area contributed by atoms with Crippen LogP contribution in [0.5, 0.6) is 11.5 Å². The highest BCUT2D eigenvalue weighted by atomic mass is 16.5. The quantitative estimate of drug-likeness (QED) is 0.561. The van der Waals surface area contributed by atoms with Gasteiger partial charge in [-0.15, -0.1) is 0 Å². The van der Waals surface area contributed by atoms with E-state index in [2.05, 4.69) is 5.32 Å². The third-order valence-corrected chi connectivity index (χ3v) is 4.37. The average molecular weight is 390 g/mol. The third kappa shape index (κ3) is 6.58. The van der Waals surface area contributed by atoms with E-state index in [0.717, 1.165) is 17.1 Å². The Balaban J connectivity index is 2.02. The second-order valence-corrected chi connectivity index (χ2v) is 6.44. The molecule has 0 aliphatic rings. The van der Waals surface area contributed by atoms with Crippen LogP contribution in [0.3, 0.4) is 0 Å². The summed E-state index contributed by atoms with van der Waals surface area (Å²) in [5.74, 6) is 2.99. The van der Waals surface area contributed by atoms with E-state index in [1.807, 2.05) is 37.3 Å². The lowest BCUT2D eigenvalue weighted by Gasteiger charge is -2.22. The smallest absolute Gasteiger partial charge is 0.236 e. The van der Waals surface area contributed by atoms with Crippen molar-refractivity contribution in [1.29, 1.82) is 0 Å². The van der Waals surface area contributed by atoms with Gasteiger partial charge in [-0.05, 0) is 43.2 Å². The van der Waals surface area contributed by atoms with Crippen molar-refractivity contribution >= 4 is 5.91 Å². The van der Waals surface area contributed by atoms with Gasteiger partial charge in [0.25, 0.3) is 0 Å². The van der Waals surface area contributed by atoms with Crippen molar-refractivity contribution in [2.75, 3.05) is 47.6 Å². The molecule has 0 saturated heterocycles. The van der Waals surface area contributed by atoms with Crippen LogP contribution in [0.4, 0.5) is 0 Å². The average Bonchev–Trinajstić information content (AvgIpc) is 3.12. The number of aryl methyl sites for hydroxylation is 1. The third-order valence-electron chi connectivity index (χ3n) is 4.37. The van der Waals surface area contributed by atoms with Gasteiger partial charge in [-0.3, -0.25) is 4.79 Å². The first kappa shape index (κ1) is 21.8. The zero-order valence-corrected chi connectivity index (χ0v) is 17.1. The van der Waals surface area contributed by atoms with E-state index < -0.39 is 0 Å². The summed E-state index contributed by atoms with van der Waals surface area (Å²) in [6.07, 6.45) is 0.698. The van der Waals surface area contributed by atoms with Gasteiger partial charge in [0.1, 0.15) is 11.5 Å². The summed E-state index contributed by atoms with van der Waals surface area (Å²) in [4.78, 5) is 14.5. The maximum absolute atomic E-state index is 12.7. The highest BCUT2D eigenvalue weighted by molar-refractivity contribution is 5.78. The number of carbonyl (C=O) groups is 1. The van der Waals surface area contributed by atoms with Crippen molar-refractivity contribution in [3.63, 3.8) is 0 Å². The van der Waals surface area contributed by atoms with Crippen LogP contribution in [-0.2, 0) is 22.5 Å². The van der Waals surface area contributed by atoms with Crippen molar-refractivity contribution in [3.8, 4) is 11.5 Å². The molecule has 0 spiro atoms. The molecule has 1 N–H and O–H groups in total. The van der Waals surface area contributed by atoms with Gasteiger partial charge in [-0.2, -0.15) is 0 Å². The van der Waals surface area contributed by atoms with Crippen LogP contribution in [0.15, 0.2) is 34.7 Å². The van der Waals surface area contributed by atoms with Gasteiger partial charge in [0.15, 0.2) is 11.5 Å². The van der Waals surface area contributed by atoms with Gasteiger partial charge >= 0.3 is 0 Å². The van der Waals surface area contributed by atoms with Gasteiger partial charge < -0.3 is 28.8 Å². The van der Waals surface area contributed by atoms with Crippen LogP contribution in [-0.4, -0.2) is 58.4 Å². The van der Waals surface area contributed by atoms with E-state index in [1.54, 1.807) is 26.2 Å². The molecule has 0 aliphatic heterocycles. The lowest BCUT2D eigenvalue weighted by Crippen LogP contribution is -2.39. The van der Waals surface area contributed by atoms with Crippen LogP contribution in [0.25, 0.3) is 0 Å². The van der Waals surface area contributed by atoms with Crippen molar-refractivity contribution in [1.82, 2.24) is 10.2 Å². The minimum absolute atomic E-state index is 0.0191. The maximum Gasteiger partial charge on any atom is 0.236 e. The molecule has 0 saturated carbocycles. The number of hydrogen-bond donors (Lipinski definition) is 1. The molecule has 0 atom stereocenters. The van der Waals surface area contributed by atoms with Crippen LogP contribution in [0.2, 0.25) is 0 Å². The number of rotatable bonds is 12. The summed E-state index contributed by atoms with van der Waals surface area (Å²) in [5, 5.41) is 3.11. The molecule has 1 aromatic carbocycles. The van der Waals surface area contributed by atoms with Crippen molar-refractivity contribution in [3.05, 3.63) is 47.4 Å². The summed E-state index contributed by atoms with van der Waals surface area (Å²) < 4.78 is 21.3. The maximum atomic E-state index is 12.7. The van der Waals surface area contributed by atoms with E-state index in [1.165, 1.54) is 0 Å². The van der Waals surface area contributed by atoms with Crippen LogP contribution < -0.4 is 14.8 Å². The largest absolute Gasteiger partial charge is 0.493 e. The zero-order chi connectivity index (χ0) is 20.4. The molecule has 1 amide bonds. The molecule has 28 heavy (non-hydrogen) atoms. The van der Waals surface area contributed by atoms with Gasteiger partial charge in [-0.25, -0.2) is 0 Å². The number of ether oxygens (including phenoxy) is 3. The first-order valence-electron chi connectivity index (χ1n) is 9.31. The monoisotopic (exact) mass is 390 g/mol. The number of furan rings is 1. The Morgan fingerprint density at radius 1 is 1.11 bits per heavy atom. The van der Waals surface area contributed by atoms with E-state index >= 15 is 0 Å². The number of carbonyl (C=O) groups excluding carboxylic acids is 1. The molecule has 154 valence electrons. The lowest BCUT2D eigenvalue weighted by atomic mass is 10.1. The van der Waals surface area contributed by atoms with Crippen molar-refractivity contribution in [2.45, 2.75) is 19.9 Å². The second-order valence-electron chi connectivity index (χ2n) is 6.44. The molecule has 7 heteroatoms. The number of benzene rings is 1. The van der Waals surface area contributed by atoms with E-state index in [9.17, 15) is 4.79 Å². The summed E-state index contributed by atoms with van der Waals surface area (Å²) in [6.45, 7) is 4.36. The molecular weight excluding hydrogens is 360 g/mol. The Kier molecular flexibility index (Phi) is 8.84. The number of methoxy groups -OCH3 is 3. The van der Waals surface area contributed by atoms with E-state index in [0.29, 0.717) is 44.2 Å². The molecule has 1 aromatic heterocycles.